The quantitative estimate of drug-likeness (QED) is 0.760. The Balaban J connectivity index is 2.84. The molecule has 0 aliphatic heterocycles. The van der Waals surface area contributed by atoms with Crippen molar-refractivity contribution >= 4 is 43.3 Å². The zero-order valence-electron chi connectivity index (χ0n) is 7.33. The maximum Gasteiger partial charge on any atom is 0.135 e. The van der Waals surface area contributed by atoms with Crippen LogP contribution < -0.4 is 4.74 Å². The van der Waals surface area contributed by atoms with Gasteiger partial charge in [0.2, 0.25) is 0 Å². The van der Waals surface area contributed by atoms with E-state index in [0.29, 0.717) is 6.61 Å². The van der Waals surface area contributed by atoms with Gasteiger partial charge in [-0.3, -0.25) is 0 Å². The maximum atomic E-state index is 5.69. The Labute approximate surface area is 102 Å². The average Bonchev–Trinajstić information content (AvgIpc) is 2.25. The second kappa shape index (κ2) is 6.72. The van der Waals surface area contributed by atoms with Crippen molar-refractivity contribution in [2.24, 2.45) is 0 Å². The molecule has 5 heteroatoms. The van der Waals surface area contributed by atoms with Crippen molar-refractivity contribution in [2.75, 3.05) is 6.61 Å². The molecule has 0 aliphatic carbocycles. The van der Waals surface area contributed by atoms with E-state index in [1.807, 2.05) is 18.2 Å². The third-order valence-electron chi connectivity index (χ3n) is 1.49. The van der Waals surface area contributed by atoms with E-state index < -0.39 is 0 Å². The minimum atomic E-state index is 0.584. The molecule has 1 aromatic rings. The summed E-state index contributed by atoms with van der Waals surface area (Å²) in [5, 5.41) is 0. The van der Waals surface area contributed by atoms with Gasteiger partial charge in [-0.1, -0.05) is 0 Å². The number of benzene rings is 1. The smallest absolute Gasteiger partial charge is 0.135 e. The van der Waals surface area contributed by atoms with Crippen LogP contribution in [0.3, 0.4) is 0 Å². The first-order valence-electron chi connectivity index (χ1n) is 3.95. The first-order valence-corrected chi connectivity index (χ1v) is 7.23. The lowest BCUT2D eigenvalue weighted by atomic mass is 10.3. The molecule has 0 bridgehead atoms. The lowest BCUT2D eigenvalue weighted by Crippen LogP contribution is -1.96. The molecular formula is C9H9Cl2OS2. The van der Waals surface area contributed by atoms with Gasteiger partial charge in [0.05, 0.1) is 11.5 Å². The molecule has 1 rings (SSSR count). The van der Waals surface area contributed by atoms with Gasteiger partial charge in [-0.2, -0.15) is 0 Å². The van der Waals surface area contributed by atoms with Gasteiger partial charge < -0.3 is 4.74 Å². The highest BCUT2D eigenvalue weighted by molar-refractivity contribution is 8.21. The summed E-state index contributed by atoms with van der Waals surface area (Å²) >= 11 is 0. The Bertz CT molecular complexity index is 294. The Morgan fingerprint density at radius 3 is 2.64 bits per heavy atom. The maximum absolute atomic E-state index is 5.69. The summed E-state index contributed by atoms with van der Waals surface area (Å²) in [6, 6.07) is 5.66. The van der Waals surface area contributed by atoms with E-state index in [2.05, 4.69) is 6.92 Å². The molecule has 1 nitrogen and oxygen atoms in total. The van der Waals surface area contributed by atoms with E-state index in [9.17, 15) is 0 Å². The highest BCUT2D eigenvalue weighted by atomic mass is 35.7. The second-order valence-corrected chi connectivity index (χ2v) is 4.61. The molecular weight excluding hydrogens is 259 g/mol. The molecule has 0 aliphatic rings. The standard InChI is InChI=1S/C9H9Cl2OS2/c1-2-5-12-8-6-7(13-10)3-4-9(8)14-11/h3-4,6H,1-2,5H2. The summed E-state index contributed by atoms with van der Waals surface area (Å²) in [5.41, 5.74) is 0. The average molecular weight is 268 g/mol. The summed E-state index contributed by atoms with van der Waals surface area (Å²) in [6.45, 7) is 4.29. The van der Waals surface area contributed by atoms with E-state index in [4.69, 9.17) is 26.1 Å². The molecule has 0 spiro atoms. The zero-order valence-corrected chi connectivity index (χ0v) is 10.5. The minimum Gasteiger partial charge on any atom is -0.492 e. The van der Waals surface area contributed by atoms with E-state index >= 15 is 0 Å². The fourth-order valence-electron chi connectivity index (χ4n) is 0.895. The highest BCUT2D eigenvalue weighted by Crippen LogP contribution is 2.36. The molecule has 0 amide bonds. The van der Waals surface area contributed by atoms with Crippen LogP contribution in [0.5, 0.6) is 5.75 Å². The van der Waals surface area contributed by atoms with Crippen molar-refractivity contribution in [1.82, 2.24) is 0 Å². The first kappa shape index (κ1) is 12.4. The molecule has 0 N–H and O–H groups in total. The van der Waals surface area contributed by atoms with Crippen LogP contribution in [0.25, 0.3) is 0 Å². The predicted molar refractivity (Wildman–Crippen MR) is 65.3 cm³/mol. The zero-order chi connectivity index (χ0) is 10.4. The van der Waals surface area contributed by atoms with Crippen LogP contribution in [-0.4, -0.2) is 6.61 Å². The molecule has 1 radical (unpaired) electrons. The van der Waals surface area contributed by atoms with Crippen molar-refractivity contribution in [3.05, 3.63) is 25.1 Å². The molecule has 0 fully saturated rings. The molecule has 77 valence electrons. The van der Waals surface area contributed by atoms with Gasteiger partial charge in [-0.05, 0) is 74.9 Å². The largest absolute Gasteiger partial charge is 0.492 e. The molecule has 0 saturated carbocycles. The Hall–Kier alpha value is 0.300. The van der Waals surface area contributed by atoms with Crippen LogP contribution in [0.4, 0.5) is 0 Å². The second-order valence-electron chi connectivity index (χ2n) is 2.46. The monoisotopic (exact) mass is 267 g/mol. The Morgan fingerprint density at radius 2 is 2.07 bits per heavy atom. The van der Waals surface area contributed by atoms with Crippen LogP contribution in [0.15, 0.2) is 28.0 Å². The number of ether oxygens (including phenoxy) is 1. The van der Waals surface area contributed by atoms with Gasteiger partial charge in [0.1, 0.15) is 5.75 Å². The highest BCUT2D eigenvalue weighted by Gasteiger charge is 2.05. The van der Waals surface area contributed by atoms with Crippen molar-refractivity contribution < 1.29 is 4.74 Å². The molecule has 0 unspecified atom stereocenters. The van der Waals surface area contributed by atoms with Crippen molar-refractivity contribution in [3.63, 3.8) is 0 Å². The third-order valence-corrected chi connectivity index (χ3v) is 3.46. The van der Waals surface area contributed by atoms with Crippen LogP contribution in [0.1, 0.15) is 6.42 Å². The molecule has 0 saturated heterocycles. The van der Waals surface area contributed by atoms with Crippen molar-refractivity contribution in [3.8, 4) is 5.75 Å². The van der Waals surface area contributed by atoms with E-state index in [1.54, 1.807) is 0 Å². The van der Waals surface area contributed by atoms with E-state index in [-0.39, 0.29) is 0 Å². The van der Waals surface area contributed by atoms with Crippen LogP contribution in [0.2, 0.25) is 0 Å². The lowest BCUT2D eigenvalue weighted by Gasteiger charge is -2.08. The predicted octanol–water partition coefficient (Wildman–Crippen LogP) is 4.78. The number of rotatable bonds is 5. The summed E-state index contributed by atoms with van der Waals surface area (Å²) in [5.74, 6) is 0.763. The fraction of sp³-hybridized carbons (Fsp3) is 0.222. The molecule has 14 heavy (non-hydrogen) atoms. The van der Waals surface area contributed by atoms with Gasteiger partial charge >= 0.3 is 0 Å². The van der Waals surface area contributed by atoms with Crippen LogP contribution in [0, 0.1) is 6.92 Å². The molecule has 0 heterocycles. The number of hydrogen-bond acceptors (Lipinski definition) is 3. The van der Waals surface area contributed by atoms with Crippen molar-refractivity contribution in [2.45, 2.75) is 16.2 Å². The van der Waals surface area contributed by atoms with Gasteiger partial charge in [-0.15, -0.1) is 0 Å². The topological polar surface area (TPSA) is 9.23 Å². The number of hydrogen-bond donors (Lipinski definition) is 0. The van der Waals surface area contributed by atoms with Crippen LogP contribution in [-0.2, 0) is 0 Å². The summed E-state index contributed by atoms with van der Waals surface area (Å²) in [7, 11) is 13.6. The molecule has 1 aromatic carbocycles. The SMILES string of the molecule is [CH2]CCOc1cc(SCl)ccc1SCl. The Morgan fingerprint density at radius 1 is 1.29 bits per heavy atom. The van der Waals surface area contributed by atoms with Gasteiger partial charge in [0, 0.05) is 4.90 Å². The van der Waals surface area contributed by atoms with E-state index in [0.717, 1.165) is 43.9 Å². The minimum absolute atomic E-state index is 0.584. The Kier molecular flexibility index (Phi) is 5.94. The summed E-state index contributed by atoms with van der Waals surface area (Å²) < 4.78 is 5.48. The molecule has 0 aromatic heterocycles. The normalized spacial score (nSPS) is 10.2. The lowest BCUT2D eigenvalue weighted by molar-refractivity contribution is 0.316. The third kappa shape index (κ3) is 3.46. The van der Waals surface area contributed by atoms with Crippen LogP contribution >= 0.6 is 43.3 Å². The van der Waals surface area contributed by atoms with Gasteiger partial charge in [-0.25, -0.2) is 0 Å². The van der Waals surface area contributed by atoms with Crippen molar-refractivity contribution in [1.29, 1.82) is 0 Å². The van der Waals surface area contributed by atoms with Gasteiger partial charge in [0.15, 0.2) is 0 Å². The summed E-state index contributed by atoms with van der Waals surface area (Å²) in [6.07, 6.45) is 0.727. The summed E-state index contributed by atoms with van der Waals surface area (Å²) in [4.78, 5) is 1.84. The first-order chi connectivity index (χ1) is 6.81. The fourth-order valence-corrected chi connectivity index (χ4v) is 2.15. The molecule has 0 atom stereocenters. The van der Waals surface area contributed by atoms with E-state index in [1.165, 1.54) is 0 Å². The number of halogens is 2. The van der Waals surface area contributed by atoms with Gasteiger partial charge in [0.25, 0.3) is 0 Å².